The number of likely N-dealkylation sites (tertiary alicyclic amines) is 1. The van der Waals surface area contributed by atoms with Crippen LogP contribution in [0.25, 0.3) is 0 Å². The molecule has 3 rings (SSSR count). The maximum absolute atomic E-state index is 11.1. The Kier molecular flexibility index (Phi) is 3.75. The molecule has 1 fully saturated rings. The van der Waals surface area contributed by atoms with Crippen molar-refractivity contribution in [3.63, 3.8) is 0 Å². The fourth-order valence-corrected chi connectivity index (χ4v) is 2.89. The van der Waals surface area contributed by atoms with Crippen molar-refractivity contribution in [3.05, 3.63) is 52.9 Å². The normalized spacial score (nSPS) is 19.0. The standard InChI is InChI=1S/C16H19N3O2/c1-11-9-15(21-18-11)14-3-2-8-19(14)10-12-4-6-13(7-5-12)16(17)20/h4-7,9,14H,2-3,8,10H2,1H3,(H2,17,20)/t14-/m1/s1. The van der Waals surface area contributed by atoms with Crippen LogP contribution in [0, 0.1) is 6.92 Å². The first-order valence-electron chi connectivity index (χ1n) is 7.19. The molecule has 0 spiro atoms. The number of carbonyl (C=O) groups is 1. The maximum atomic E-state index is 11.1. The van der Waals surface area contributed by atoms with Gasteiger partial charge in [-0.05, 0) is 44.0 Å². The van der Waals surface area contributed by atoms with Crippen molar-refractivity contribution in [1.82, 2.24) is 10.1 Å². The average molecular weight is 285 g/mol. The zero-order valence-corrected chi connectivity index (χ0v) is 12.1. The van der Waals surface area contributed by atoms with Gasteiger partial charge in [-0.15, -0.1) is 0 Å². The average Bonchev–Trinajstić information content (AvgIpc) is 3.08. The Bertz CT molecular complexity index is 633. The third-order valence-corrected chi connectivity index (χ3v) is 3.96. The summed E-state index contributed by atoms with van der Waals surface area (Å²) in [5, 5.41) is 3.98. The van der Waals surface area contributed by atoms with Crippen molar-refractivity contribution in [1.29, 1.82) is 0 Å². The molecule has 1 aromatic carbocycles. The Morgan fingerprint density at radius 1 is 1.43 bits per heavy atom. The summed E-state index contributed by atoms with van der Waals surface area (Å²) in [4.78, 5) is 13.5. The molecule has 1 amide bonds. The second-order valence-corrected chi connectivity index (χ2v) is 5.56. The van der Waals surface area contributed by atoms with E-state index in [2.05, 4.69) is 10.1 Å². The van der Waals surface area contributed by atoms with Crippen molar-refractivity contribution >= 4 is 5.91 Å². The molecule has 0 bridgehead atoms. The molecule has 2 heterocycles. The van der Waals surface area contributed by atoms with E-state index < -0.39 is 5.91 Å². The number of primary amides is 1. The maximum Gasteiger partial charge on any atom is 0.248 e. The summed E-state index contributed by atoms with van der Waals surface area (Å²) in [6, 6.07) is 9.78. The first kappa shape index (κ1) is 13.8. The molecule has 1 aliphatic heterocycles. The van der Waals surface area contributed by atoms with E-state index in [0.717, 1.165) is 37.4 Å². The minimum absolute atomic E-state index is 0.294. The highest BCUT2D eigenvalue weighted by Crippen LogP contribution is 2.33. The number of carbonyl (C=O) groups excluding carboxylic acids is 1. The van der Waals surface area contributed by atoms with Crippen LogP contribution in [-0.4, -0.2) is 22.5 Å². The summed E-state index contributed by atoms with van der Waals surface area (Å²) in [7, 11) is 0. The molecule has 0 saturated carbocycles. The molecule has 1 aliphatic rings. The van der Waals surface area contributed by atoms with Crippen LogP contribution < -0.4 is 5.73 Å². The highest BCUT2D eigenvalue weighted by atomic mass is 16.5. The van der Waals surface area contributed by atoms with Gasteiger partial charge in [0.2, 0.25) is 5.91 Å². The van der Waals surface area contributed by atoms with Crippen LogP contribution in [0.3, 0.4) is 0 Å². The number of nitrogens with two attached hydrogens (primary N) is 1. The molecule has 5 heteroatoms. The predicted molar refractivity (Wildman–Crippen MR) is 78.6 cm³/mol. The van der Waals surface area contributed by atoms with Crippen LogP contribution in [0.5, 0.6) is 0 Å². The number of rotatable bonds is 4. The number of hydrogen-bond donors (Lipinski definition) is 1. The second-order valence-electron chi connectivity index (χ2n) is 5.56. The Labute approximate surface area is 123 Å². The van der Waals surface area contributed by atoms with Crippen molar-refractivity contribution in [3.8, 4) is 0 Å². The third-order valence-electron chi connectivity index (χ3n) is 3.96. The van der Waals surface area contributed by atoms with Gasteiger partial charge in [0.15, 0.2) is 5.76 Å². The van der Waals surface area contributed by atoms with Crippen LogP contribution in [0.1, 0.15) is 46.3 Å². The minimum atomic E-state index is -0.391. The summed E-state index contributed by atoms with van der Waals surface area (Å²) in [5.74, 6) is 0.552. The molecule has 2 N–H and O–H groups in total. The number of amides is 1. The molecule has 110 valence electrons. The summed E-state index contributed by atoms with van der Waals surface area (Å²) in [6.45, 7) is 3.82. The van der Waals surface area contributed by atoms with Gasteiger partial charge in [-0.2, -0.15) is 0 Å². The lowest BCUT2D eigenvalue weighted by molar-refractivity contribution is 0.100. The van der Waals surface area contributed by atoms with E-state index in [0.29, 0.717) is 11.6 Å². The Hall–Kier alpha value is -2.14. The van der Waals surface area contributed by atoms with Gasteiger partial charge < -0.3 is 10.3 Å². The highest BCUT2D eigenvalue weighted by molar-refractivity contribution is 5.92. The summed E-state index contributed by atoms with van der Waals surface area (Å²) >= 11 is 0. The van der Waals surface area contributed by atoms with E-state index >= 15 is 0 Å². The van der Waals surface area contributed by atoms with Crippen molar-refractivity contribution in [2.45, 2.75) is 32.4 Å². The van der Waals surface area contributed by atoms with Crippen molar-refractivity contribution in [2.75, 3.05) is 6.54 Å². The fraction of sp³-hybridized carbons (Fsp3) is 0.375. The molecular formula is C16H19N3O2. The molecule has 1 atom stereocenters. The molecular weight excluding hydrogens is 266 g/mol. The quantitative estimate of drug-likeness (QED) is 0.936. The second kappa shape index (κ2) is 5.69. The number of benzene rings is 1. The molecule has 0 aliphatic carbocycles. The summed E-state index contributed by atoms with van der Waals surface area (Å²) < 4.78 is 5.41. The number of hydrogen-bond acceptors (Lipinski definition) is 4. The lowest BCUT2D eigenvalue weighted by atomic mass is 10.1. The molecule has 0 unspecified atom stereocenters. The van der Waals surface area contributed by atoms with Crippen LogP contribution in [0.4, 0.5) is 0 Å². The zero-order valence-electron chi connectivity index (χ0n) is 12.1. The van der Waals surface area contributed by atoms with E-state index in [1.54, 1.807) is 12.1 Å². The lowest BCUT2D eigenvalue weighted by Crippen LogP contribution is -2.22. The van der Waals surface area contributed by atoms with Gasteiger partial charge in [-0.25, -0.2) is 0 Å². The van der Waals surface area contributed by atoms with Gasteiger partial charge in [-0.1, -0.05) is 17.3 Å². The predicted octanol–water partition coefficient (Wildman–Crippen LogP) is 2.42. The molecule has 0 radical (unpaired) electrons. The fourth-order valence-electron chi connectivity index (χ4n) is 2.89. The topological polar surface area (TPSA) is 72.4 Å². The number of aromatic nitrogens is 1. The monoisotopic (exact) mass is 285 g/mol. The number of nitrogens with zero attached hydrogens (tertiary/aromatic N) is 2. The van der Waals surface area contributed by atoms with Gasteiger partial charge >= 0.3 is 0 Å². The van der Waals surface area contributed by atoms with E-state index in [1.807, 2.05) is 25.1 Å². The highest BCUT2D eigenvalue weighted by Gasteiger charge is 2.28. The first-order valence-corrected chi connectivity index (χ1v) is 7.19. The van der Waals surface area contributed by atoms with E-state index in [4.69, 9.17) is 10.3 Å². The Balaban J connectivity index is 1.72. The van der Waals surface area contributed by atoms with Crippen LogP contribution >= 0.6 is 0 Å². The van der Waals surface area contributed by atoms with Gasteiger partial charge in [-0.3, -0.25) is 9.69 Å². The van der Waals surface area contributed by atoms with Crippen molar-refractivity contribution < 1.29 is 9.32 Å². The van der Waals surface area contributed by atoms with Gasteiger partial charge in [0.25, 0.3) is 0 Å². The van der Waals surface area contributed by atoms with Crippen molar-refractivity contribution in [2.24, 2.45) is 5.73 Å². The lowest BCUT2D eigenvalue weighted by Gasteiger charge is -2.22. The van der Waals surface area contributed by atoms with Crippen LogP contribution in [0.15, 0.2) is 34.9 Å². The van der Waals surface area contributed by atoms with Crippen LogP contribution in [0.2, 0.25) is 0 Å². The third kappa shape index (κ3) is 2.97. The van der Waals surface area contributed by atoms with Crippen LogP contribution in [-0.2, 0) is 6.54 Å². The smallest absolute Gasteiger partial charge is 0.248 e. The van der Waals surface area contributed by atoms with E-state index in [9.17, 15) is 4.79 Å². The van der Waals surface area contributed by atoms with Gasteiger partial charge in [0.1, 0.15) is 0 Å². The van der Waals surface area contributed by atoms with Gasteiger partial charge in [0.05, 0.1) is 11.7 Å². The minimum Gasteiger partial charge on any atom is -0.366 e. The Morgan fingerprint density at radius 3 is 2.81 bits per heavy atom. The van der Waals surface area contributed by atoms with E-state index in [-0.39, 0.29) is 0 Å². The molecule has 1 saturated heterocycles. The summed E-state index contributed by atoms with van der Waals surface area (Å²) in [5.41, 5.74) is 7.89. The molecule has 21 heavy (non-hydrogen) atoms. The summed E-state index contributed by atoms with van der Waals surface area (Å²) in [6.07, 6.45) is 2.25. The van der Waals surface area contributed by atoms with Gasteiger partial charge in [0, 0.05) is 18.2 Å². The molecule has 2 aromatic rings. The zero-order chi connectivity index (χ0) is 14.8. The van der Waals surface area contributed by atoms with E-state index in [1.165, 1.54) is 5.56 Å². The molecule has 5 nitrogen and oxygen atoms in total. The first-order chi connectivity index (χ1) is 10.1. The largest absolute Gasteiger partial charge is 0.366 e. The molecule has 1 aromatic heterocycles. The Morgan fingerprint density at radius 2 is 2.19 bits per heavy atom. The SMILES string of the molecule is Cc1cc([C@H]2CCCN2Cc2ccc(C(N)=O)cc2)on1. The number of aryl methyl sites for hydroxylation is 1.